The first kappa shape index (κ1) is 17.7. The molecule has 1 aromatic carbocycles. The Bertz CT molecular complexity index is 1400. The van der Waals surface area contributed by atoms with Crippen molar-refractivity contribution in [3.8, 4) is 11.3 Å². The van der Waals surface area contributed by atoms with Gasteiger partial charge in [0.05, 0.1) is 6.20 Å². The van der Waals surface area contributed by atoms with Gasteiger partial charge in [0.1, 0.15) is 5.69 Å². The standard InChI is InChI=1S/C20H17N6O2P/c1-29(27,28)17-6-2-4-15(11-17)18-12-21-20-23-22-19(26(20)24-18)10-14-7-8-16-5-3-9-25(16)13-14/h2-9,11-13H,10H2,1H3,(H,27,28). The Morgan fingerprint density at radius 2 is 2.00 bits per heavy atom. The summed E-state index contributed by atoms with van der Waals surface area (Å²) in [6, 6.07) is 15.0. The predicted molar refractivity (Wildman–Crippen MR) is 110 cm³/mol. The largest absolute Gasteiger partial charge is 0.341 e. The highest BCUT2D eigenvalue weighted by Crippen LogP contribution is 2.34. The van der Waals surface area contributed by atoms with Gasteiger partial charge in [0.15, 0.2) is 5.82 Å². The van der Waals surface area contributed by atoms with Gasteiger partial charge in [-0.1, -0.05) is 18.2 Å². The van der Waals surface area contributed by atoms with Crippen molar-refractivity contribution in [1.82, 2.24) is 29.2 Å². The normalized spacial score (nSPS) is 13.7. The molecule has 9 heteroatoms. The summed E-state index contributed by atoms with van der Waals surface area (Å²) in [6.07, 6.45) is 6.20. The third kappa shape index (κ3) is 3.33. The molecule has 0 aliphatic rings. The van der Waals surface area contributed by atoms with Crippen LogP contribution in [0.3, 0.4) is 0 Å². The van der Waals surface area contributed by atoms with Crippen LogP contribution in [0.1, 0.15) is 11.4 Å². The van der Waals surface area contributed by atoms with Crippen LogP contribution in [0.25, 0.3) is 22.6 Å². The van der Waals surface area contributed by atoms with E-state index in [9.17, 15) is 9.46 Å². The van der Waals surface area contributed by atoms with E-state index in [1.165, 1.54) is 6.66 Å². The maximum Gasteiger partial charge on any atom is 0.271 e. The SMILES string of the molecule is CP(=O)(O)c1cccc(-c2cnc3nnc(Cc4ccc5cccn5c4)n3n2)c1. The van der Waals surface area contributed by atoms with Crippen LogP contribution in [0, 0.1) is 0 Å². The summed E-state index contributed by atoms with van der Waals surface area (Å²) in [5.41, 5.74) is 3.49. The highest BCUT2D eigenvalue weighted by atomic mass is 31.2. The fourth-order valence-corrected chi connectivity index (χ4v) is 4.01. The Morgan fingerprint density at radius 1 is 1.10 bits per heavy atom. The van der Waals surface area contributed by atoms with Crippen molar-refractivity contribution >= 4 is 24.0 Å². The molecule has 0 amide bonds. The number of pyridine rings is 1. The van der Waals surface area contributed by atoms with Crippen molar-refractivity contribution in [3.05, 3.63) is 78.5 Å². The smallest absolute Gasteiger partial charge is 0.271 e. The third-order valence-electron chi connectivity index (χ3n) is 4.77. The molecule has 5 aromatic rings. The molecule has 1 atom stereocenters. The van der Waals surface area contributed by atoms with Crippen LogP contribution in [0.5, 0.6) is 0 Å². The minimum Gasteiger partial charge on any atom is -0.341 e. The molecular formula is C20H17N6O2P. The zero-order chi connectivity index (χ0) is 20.0. The van der Waals surface area contributed by atoms with Gasteiger partial charge >= 0.3 is 0 Å². The Morgan fingerprint density at radius 3 is 2.86 bits per heavy atom. The lowest BCUT2D eigenvalue weighted by atomic mass is 10.2. The fourth-order valence-electron chi connectivity index (χ4n) is 3.27. The molecule has 8 nitrogen and oxygen atoms in total. The lowest BCUT2D eigenvalue weighted by Gasteiger charge is -2.08. The molecule has 0 aliphatic carbocycles. The number of rotatable bonds is 4. The van der Waals surface area contributed by atoms with E-state index >= 15 is 0 Å². The van der Waals surface area contributed by atoms with E-state index in [0.29, 0.717) is 34.6 Å². The van der Waals surface area contributed by atoms with Crippen molar-refractivity contribution in [3.63, 3.8) is 0 Å². The van der Waals surface area contributed by atoms with Gasteiger partial charge in [-0.15, -0.1) is 10.2 Å². The second-order valence-electron chi connectivity index (χ2n) is 6.96. The Hall–Kier alpha value is -3.35. The van der Waals surface area contributed by atoms with Crippen molar-refractivity contribution in [2.24, 2.45) is 0 Å². The molecule has 0 radical (unpaired) electrons. The Labute approximate surface area is 165 Å². The van der Waals surface area contributed by atoms with Crippen LogP contribution >= 0.6 is 7.37 Å². The van der Waals surface area contributed by atoms with Gasteiger partial charge in [0, 0.05) is 41.9 Å². The van der Waals surface area contributed by atoms with E-state index < -0.39 is 7.37 Å². The van der Waals surface area contributed by atoms with Gasteiger partial charge in [-0.05, 0) is 35.9 Å². The third-order valence-corrected chi connectivity index (χ3v) is 6.00. The summed E-state index contributed by atoms with van der Waals surface area (Å²) in [7, 11) is -3.35. The lowest BCUT2D eigenvalue weighted by molar-refractivity contribution is 0.496. The summed E-state index contributed by atoms with van der Waals surface area (Å²) in [4.78, 5) is 14.2. The highest BCUT2D eigenvalue weighted by molar-refractivity contribution is 7.65. The summed E-state index contributed by atoms with van der Waals surface area (Å²) < 4.78 is 15.7. The quantitative estimate of drug-likeness (QED) is 0.463. The Kier molecular flexibility index (Phi) is 4.04. The first-order valence-corrected chi connectivity index (χ1v) is 11.1. The summed E-state index contributed by atoms with van der Waals surface area (Å²) in [5, 5.41) is 13.4. The highest BCUT2D eigenvalue weighted by Gasteiger charge is 2.16. The fraction of sp³-hybridized carbons (Fsp3) is 0.100. The number of hydrogen-bond donors (Lipinski definition) is 1. The van der Waals surface area contributed by atoms with E-state index in [1.54, 1.807) is 28.9 Å². The van der Waals surface area contributed by atoms with Gasteiger partial charge in [-0.25, -0.2) is 4.98 Å². The molecular weight excluding hydrogens is 387 g/mol. The number of fused-ring (bicyclic) bond motifs is 2. The van der Waals surface area contributed by atoms with E-state index in [4.69, 9.17) is 0 Å². The van der Waals surface area contributed by atoms with Crippen LogP contribution in [0.15, 0.2) is 67.1 Å². The summed E-state index contributed by atoms with van der Waals surface area (Å²) in [6.45, 7) is 1.32. The van der Waals surface area contributed by atoms with Crippen LogP contribution in [-0.4, -0.2) is 40.8 Å². The minimum atomic E-state index is -3.35. The second kappa shape index (κ2) is 6.62. The van der Waals surface area contributed by atoms with Crippen molar-refractivity contribution in [2.75, 3.05) is 6.66 Å². The average molecular weight is 404 g/mol. The second-order valence-corrected chi connectivity index (χ2v) is 9.23. The van der Waals surface area contributed by atoms with Crippen molar-refractivity contribution < 1.29 is 9.46 Å². The van der Waals surface area contributed by atoms with E-state index in [-0.39, 0.29) is 0 Å². The molecule has 4 aromatic heterocycles. The van der Waals surface area contributed by atoms with E-state index in [0.717, 1.165) is 11.1 Å². The van der Waals surface area contributed by atoms with Crippen LogP contribution in [-0.2, 0) is 11.0 Å². The first-order chi connectivity index (χ1) is 14.0. The average Bonchev–Trinajstić information content (AvgIpc) is 3.34. The number of aromatic nitrogens is 6. The molecule has 144 valence electrons. The van der Waals surface area contributed by atoms with Crippen molar-refractivity contribution in [1.29, 1.82) is 0 Å². The van der Waals surface area contributed by atoms with Gasteiger partial charge in [-0.3, -0.25) is 4.57 Å². The molecule has 0 fully saturated rings. The predicted octanol–water partition coefficient (Wildman–Crippen LogP) is 2.56. The summed E-state index contributed by atoms with van der Waals surface area (Å²) >= 11 is 0. The van der Waals surface area contributed by atoms with E-state index in [2.05, 4.69) is 43.0 Å². The molecule has 5 rings (SSSR count). The zero-order valence-corrected chi connectivity index (χ0v) is 16.4. The minimum absolute atomic E-state index is 0.376. The Balaban J connectivity index is 1.54. The van der Waals surface area contributed by atoms with Crippen LogP contribution in [0.4, 0.5) is 0 Å². The first-order valence-electron chi connectivity index (χ1n) is 9.02. The molecule has 0 saturated carbocycles. The molecule has 0 spiro atoms. The molecule has 1 N–H and O–H groups in total. The number of nitrogens with zero attached hydrogens (tertiary/aromatic N) is 6. The van der Waals surface area contributed by atoms with Crippen LogP contribution in [0.2, 0.25) is 0 Å². The van der Waals surface area contributed by atoms with Gasteiger partial charge in [-0.2, -0.15) is 9.61 Å². The maximum absolute atomic E-state index is 12.0. The molecule has 0 saturated heterocycles. The number of hydrogen-bond acceptors (Lipinski definition) is 5. The molecule has 0 bridgehead atoms. The zero-order valence-electron chi connectivity index (χ0n) is 15.5. The van der Waals surface area contributed by atoms with Gasteiger partial charge < -0.3 is 9.29 Å². The summed E-state index contributed by atoms with van der Waals surface area (Å²) in [5.74, 6) is 1.07. The monoisotopic (exact) mass is 404 g/mol. The van der Waals surface area contributed by atoms with Gasteiger partial charge in [0.2, 0.25) is 7.37 Å². The maximum atomic E-state index is 12.0. The van der Waals surface area contributed by atoms with Gasteiger partial charge in [0.25, 0.3) is 5.78 Å². The molecule has 0 aliphatic heterocycles. The molecule has 4 heterocycles. The lowest BCUT2D eigenvalue weighted by Crippen LogP contribution is -2.06. The van der Waals surface area contributed by atoms with E-state index in [1.807, 2.05) is 24.4 Å². The van der Waals surface area contributed by atoms with Crippen molar-refractivity contribution in [2.45, 2.75) is 6.42 Å². The molecule has 1 unspecified atom stereocenters. The topological polar surface area (TPSA) is 97.7 Å². The van der Waals surface area contributed by atoms with Crippen LogP contribution < -0.4 is 5.30 Å². The molecule has 29 heavy (non-hydrogen) atoms. The number of benzene rings is 1.